The Kier molecular flexibility index (Phi) is 4.13. The number of hydrogen-bond donors (Lipinski definition) is 1. The molecule has 0 aliphatic carbocycles. The van der Waals surface area contributed by atoms with Crippen LogP contribution in [0.2, 0.25) is 0 Å². The Bertz CT molecular complexity index is 582. The lowest BCUT2D eigenvalue weighted by Gasteiger charge is -2.11. The molecule has 2 rings (SSSR count). The molecule has 0 unspecified atom stereocenters. The van der Waals surface area contributed by atoms with Gasteiger partial charge in [-0.1, -0.05) is 18.2 Å². The molecule has 0 bridgehead atoms. The molecule has 0 spiro atoms. The van der Waals surface area contributed by atoms with Crippen LogP contribution in [0.1, 0.15) is 21.6 Å². The number of hydrogen-bond acceptors (Lipinski definition) is 4. The first-order valence-electron chi connectivity index (χ1n) is 6.04. The molecule has 4 nitrogen and oxygen atoms in total. The van der Waals surface area contributed by atoms with Crippen molar-refractivity contribution in [3.63, 3.8) is 0 Å². The number of pyridine rings is 1. The molecule has 4 heteroatoms. The van der Waals surface area contributed by atoms with Crippen molar-refractivity contribution in [2.24, 2.45) is 0 Å². The zero-order valence-corrected chi connectivity index (χ0v) is 11.0. The van der Waals surface area contributed by atoms with E-state index in [1.54, 1.807) is 12.3 Å². The number of anilines is 1. The van der Waals surface area contributed by atoms with Crippen LogP contribution in [0, 0.1) is 6.92 Å². The summed E-state index contributed by atoms with van der Waals surface area (Å²) < 4.78 is 4.77. The summed E-state index contributed by atoms with van der Waals surface area (Å²) in [4.78, 5) is 15.9. The Balaban J connectivity index is 2.16. The molecule has 98 valence electrons. The number of aromatic nitrogens is 1. The lowest BCUT2D eigenvalue weighted by molar-refractivity contribution is 0.0599. The van der Waals surface area contributed by atoms with Crippen molar-refractivity contribution in [3.05, 3.63) is 59.4 Å². The van der Waals surface area contributed by atoms with Crippen molar-refractivity contribution in [1.82, 2.24) is 4.98 Å². The molecule has 0 radical (unpaired) electrons. The predicted octanol–water partition coefficient (Wildman–Crippen LogP) is 2.79. The molecular formula is C15H16N2O2. The van der Waals surface area contributed by atoms with Crippen LogP contribution < -0.4 is 5.32 Å². The van der Waals surface area contributed by atoms with Crippen LogP contribution in [0.15, 0.2) is 42.6 Å². The van der Waals surface area contributed by atoms with Gasteiger partial charge in [0.25, 0.3) is 0 Å². The second kappa shape index (κ2) is 6.00. The normalized spacial score (nSPS) is 10.0. The molecule has 1 aromatic heterocycles. The summed E-state index contributed by atoms with van der Waals surface area (Å²) in [7, 11) is 1.39. The summed E-state index contributed by atoms with van der Waals surface area (Å²) in [6.45, 7) is 2.49. The third-order valence-electron chi connectivity index (χ3n) is 2.90. The quantitative estimate of drug-likeness (QED) is 0.855. The molecule has 19 heavy (non-hydrogen) atoms. The SMILES string of the molecule is COC(=O)c1ccccc1CNc1cccnc1C. The van der Waals surface area contributed by atoms with Crippen molar-refractivity contribution in [2.45, 2.75) is 13.5 Å². The van der Waals surface area contributed by atoms with Gasteiger partial charge < -0.3 is 10.1 Å². The van der Waals surface area contributed by atoms with E-state index in [-0.39, 0.29) is 5.97 Å². The number of esters is 1. The van der Waals surface area contributed by atoms with Gasteiger partial charge in [0.15, 0.2) is 0 Å². The second-order valence-electron chi connectivity index (χ2n) is 4.14. The van der Waals surface area contributed by atoms with Crippen LogP contribution in [0.5, 0.6) is 0 Å². The highest BCUT2D eigenvalue weighted by molar-refractivity contribution is 5.91. The lowest BCUT2D eigenvalue weighted by Crippen LogP contribution is -2.09. The van der Waals surface area contributed by atoms with Crippen LogP contribution in [0.4, 0.5) is 5.69 Å². The van der Waals surface area contributed by atoms with Gasteiger partial charge in [0, 0.05) is 12.7 Å². The summed E-state index contributed by atoms with van der Waals surface area (Å²) >= 11 is 0. The molecule has 0 aliphatic rings. The van der Waals surface area contributed by atoms with Gasteiger partial charge in [-0.3, -0.25) is 4.98 Å². The van der Waals surface area contributed by atoms with Gasteiger partial charge >= 0.3 is 5.97 Å². The van der Waals surface area contributed by atoms with Crippen molar-refractivity contribution in [2.75, 3.05) is 12.4 Å². The van der Waals surface area contributed by atoms with Crippen LogP contribution >= 0.6 is 0 Å². The van der Waals surface area contributed by atoms with E-state index in [0.717, 1.165) is 16.9 Å². The molecule has 0 saturated carbocycles. The van der Waals surface area contributed by atoms with Crippen molar-refractivity contribution in [1.29, 1.82) is 0 Å². The average Bonchev–Trinajstić information content (AvgIpc) is 2.46. The molecule has 0 aliphatic heterocycles. The van der Waals surface area contributed by atoms with E-state index in [2.05, 4.69) is 10.3 Å². The topological polar surface area (TPSA) is 51.2 Å². The number of benzene rings is 1. The van der Waals surface area contributed by atoms with Gasteiger partial charge in [0.1, 0.15) is 0 Å². The largest absolute Gasteiger partial charge is 0.465 e. The van der Waals surface area contributed by atoms with Crippen molar-refractivity contribution >= 4 is 11.7 Å². The standard InChI is InChI=1S/C15H16N2O2/c1-11-14(8-5-9-16-11)17-10-12-6-3-4-7-13(12)15(18)19-2/h3-9,17H,10H2,1-2H3. The number of aryl methyl sites for hydroxylation is 1. The third kappa shape index (κ3) is 3.10. The fourth-order valence-corrected chi connectivity index (χ4v) is 1.85. The van der Waals surface area contributed by atoms with E-state index >= 15 is 0 Å². The molecule has 1 aromatic carbocycles. The van der Waals surface area contributed by atoms with Gasteiger partial charge in [-0.05, 0) is 30.7 Å². The van der Waals surface area contributed by atoms with E-state index in [1.165, 1.54) is 7.11 Å². The number of nitrogens with zero attached hydrogens (tertiary/aromatic N) is 1. The van der Waals surface area contributed by atoms with Gasteiger partial charge in [0.2, 0.25) is 0 Å². The van der Waals surface area contributed by atoms with E-state index in [4.69, 9.17) is 4.74 Å². The Morgan fingerprint density at radius 2 is 2.05 bits per heavy atom. The second-order valence-corrected chi connectivity index (χ2v) is 4.14. The summed E-state index contributed by atoms with van der Waals surface area (Å²) in [5.41, 5.74) is 3.37. The van der Waals surface area contributed by atoms with E-state index in [0.29, 0.717) is 12.1 Å². The number of carbonyl (C=O) groups is 1. The molecule has 0 fully saturated rings. The minimum Gasteiger partial charge on any atom is -0.465 e. The van der Waals surface area contributed by atoms with Gasteiger partial charge in [-0.2, -0.15) is 0 Å². The smallest absolute Gasteiger partial charge is 0.338 e. The summed E-state index contributed by atoms with van der Waals surface area (Å²) in [6, 6.07) is 11.2. The Labute approximate surface area is 112 Å². The zero-order chi connectivity index (χ0) is 13.7. The van der Waals surface area contributed by atoms with Gasteiger partial charge in [-0.25, -0.2) is 4.79 Å². The maximum atomic E-state index is 11.7. The van der Waals surface area contributed by atoms with E-state index in [1.807, 2.05) is 37.3 Å². The molecule has 0 amide bonds. The fourth-order valence-electron chi connectivity index (χ4n) is 1.85. The maximum Gasteiger partial charge on any atom is 0.338 e. The first-order valence-corrected chi connectivity index (χ1v) is 6.04. The third-order valence-corrected chi connectivity index (χ3v) is 2.90. The van der Waals surface area contributed by atoms with Crippen LogP contribution in [-0.4, -0.2) is 18.1 Å². The number of methoxy groups -OCH3 is 1. The lowest BCUT2D eigenvalue weighted by atomic mass is 10.1. The fraction of sp³-hybridized carbons (Fsp3) is 0.200. The van der Waals surface area contributed by atoms with Crippen LogP contribution in [0.3, 0.4) is 0 Å². The summed E-state index contributed by atoms with van der Waals surface area (Å²) in [5.74, 6) is -0.319. The van der Waals surface area contributed by atoms with E-state index in [9.17, 15) is 4.79 Å². The highest BCUT2D eigenvalue weighted by Gasteiger charge is 2.10. The van der Waals surface area contributed by atoms with Gasteiger partial charge in [0.05, 0.1) is 24.1 Å². The highest BCUT2D eigenvalue weighted by atomic mass is 16.5. The van der Waals surface area contributed by atoms with E-state index < -0.39 is 0 Å². The minimum atomic E-state index is -0.319. The number of ether oxygens (including phenoxy) is 1. The molecular weight excluding hydrogens is 240 g/mol. The Hall–Kier alpha value is -2.36. The molecule has 1 heterocycles. The van der Waals surface area contributed by atoms with Crippen LogP contribution in [0.25, 0.3) is 0 Å². The number of carbonyl (C=O) groups excluding carboxylic acids is 1. The van der Waals surface area contributed by atoms with Crippen molar-refractivity contribution < 1.29 is 9.53 Å². The minimum absolute atomic E-state index is 0.319. The zero-order valence-electron chi connectivity index (χ0n) is 11.0. The molecule has 1 N–H and O–H groups in total. The summed E-state index contributed by atoms with van der Waals surface area (Å²) in [6.07, 6.45) is 1.75. The van der Waals surface area contributed by atoms with Crippen LogP contribution in [-0.2, 0) is 11.3 Å². The Morgan fingerprint density at radius 3 is 2.79 bits per heavy atom. The number of rotatable bonds is 4. The summed E-state index contributed by atoms with van der Waals surface area (Å²) in [5, 5.41) is 3.28. The molecule has 2 aromatic rings. The predicted molar refractivity (Wildman–Crippen MR) is 74.1 cm³/mol. The monoisotopic (exact) mass is 256 g/mol. The number of nitrogens with one attached hydrogen (secondary N) is 1. The molecule has 0 atom stereocenters. The van der Waals surface area contributed by atoms with Crippen molar-refractivity contribution in [3.8, 4) is 0 Å². The maximum absolute atomic E-state index is 11.7. The van der Waals surface area contributed by atoms with Gasteiger partial charge in [-0.15, -0.1) is 0 Å². The first kappa shape index (κ1) is 13.1. The average molecular weight is 256 g/mol. The highest BCUT2D eigenvalue weighted by Crippen LogP contribution is 2.15. The first-order chi connectivity index (χ1) is 9.22. The Morgan fingerprint density at radius 1 is 1.26 bits per heavy atom. The molecule has 0 saturated heterocycles.